The molecule has 0 N–H and O–H groups in total. The zero-order valence-electron chi connectivity index (χ0n) is 12.7. The van der Waals surface area contributed by atoms with Crippen LogP contribution in [0.2, 0.25) is 0 Å². The Labute approximate surface area is 122 Å². The lowest BCUT2D eigenvalue weighted by Gasteiger charge is -2.34. The fraction of sp³-hybridized carbons (Fsp3) is 0.706. The quantitative estimate of drug-likeness (QED) is 0.820. The van der Waals surface area contributed by atoms with E-state index in [1.807, 2.05) is 6.20 Å². The van der Waals surface area contributed by atoms with E-state index in [1.54, 1.807) is 0 Å². The van der Waals surface area contributed by atoms with Crippen molar-refractivity contribution in [2.45, 2.75) is 51.6 Å². The molecule has 0 bridgehead atoms. The number of nitrogens with zero attached hydrogens (tertiary/aromatic N) is 2. The van der Waals surface area contributed by atoms with E-state index < -0.39 is 0 Å². The van der Waals surface area contributed by atoms with E-state index in [1.165, 1.54) is 37.1 Å². The van der Waals surface area contributed by atoms with Gasteiger partial charge in [0.15, 0.2) is 0 Å². The van der Waals surface area contributed by atoms with Gasteiger partial charge in [0.25, 0.3) is 0 Å². The van der Waals surface area contributed by atoms with Crippen LogP contribution in [0.25, 0.3) is 0 Å². The summed E-state index contributed by atoms with van der Waals surface area (Å²) in [6, 6.07) is 4.38. The second kappa shape index (κ2) is 6.13. The lowest BCUT2D eigenvalue weighted by Crippen LogP contribution is -2.42. The zero-order valence-corrected chi connectivity index (χ0v) is 12.7. The Morgan fingerprint density at radius 1 is 1.30 bits per heavy atom. The van der Waals surface area contributed by atoms with Crippen LogP contribution in [-0.2, 0) is 4.74 Å². The Bertz CT molecular complexity index is 425. The summed E-state index contributed by atoms with van der Waals surface area (Å²) in [5, 5.41) is 0. The largest absolute Gasteiger partial charge is 0.375 e. The molecule has 1 unspecified atom stereocenters. The van der Waals surface area contributed by atoms with E-state index in [-0.39, 0.29) is 0 Å². The van der Waals surface area contributed by atoms with Crippen molar-refractivity contribution in [1.82, 2.24) is 4.98 Å². The Morgan fingerprint density at radius 3 is 2.80 bits per heavy atom. The van der Waals surface area contributed by atoms with Crippen molar-refractivity contribution < 1.29 is 4.74 Å². The van der Waals surface area contributed by atoms with Crippen molar-refractivity contribution in [2.75, 3.05) is 24.6 Å². The van der Waals surface area contributed by atoms with Crippen LogP contribution in [0.3, 0.4) is 0 Å². The minimum absolute atomic E-state index is 0.411. The molecule has 1 atom stereocenters. The molecule has 20 heavy (non-hydrogen) atoms. The van der Waals surface area contributed by atoms with Gasteiger partial charge in [0.2, 0.25) is 0 Å². The molecule has 3 nitrogen and oxygen atoms in total. The number of hydrogen-bond acceptors (Lipinski definition) is 3. The summed E-state index contributed by atoms with van der Waals surface area (Å²) in [6.07, 6.45) is 7.89. The van der Waals surface area contributed by atoms with Crippen molar-refractivity contribution >= 4 is 5.69 Å². The van der Waals surface area contributed by atoms with Crippen molar-refractivity contribution in [3.8, 4) is 0 Å². The summed E-state index contributed by atoms with van der Waals surface area (Å²) in [5.41, 5.74) is 2.42. The maximum atomic E-state index is 5.91. The number of ether oxygens (including phenoxy) is 1. The highest BCUT2D eigenvalue weighted by Crippen LogP contribution is 2.34. The van der Waals surface area contributed by atoms with Crippen LogP contribution < -0.4 is 4.90 Å². The number of hydrogen-bond donors (Lipinski definition) is 0. The van der Waals surface area contributed by atoms with Crippen LogP contribution >= 0.6 is 0 Å². The van der Waals surface area contributed by atoms with Gasteiger partial charge in [-0.15, -0.1) is 0 Å². The molecule has 0 radical (unpaired) electrons. The van der Waals surface area contributed by atoms with Gasteiger partial charge in [-0.2, -0.15) is 0 Å². The summed E-state index contributed by atoms with van der Waals surface area (Å²) < 4.78 is 5.91. The van der Waals surface area contributed by atoms with Crippen LogP contribution in [0.5, 0.6) is 0 Å². The van der Waals surface area contributed by atoms with Crippen LogP contribution in [0, 0.1) is 5.92 Å². The topological polar surface area (TPSA) is 25.4 Å². The lowest BCUT2D eigenvalue weighted by atomic mass is 10.1. The van der Waals surface area contributed by atoms with Crippen molar-refractivity contribution in [3.05, 3.63) is 24.0 Å². The highest BCUT2D eigenvalue weighted by Gasteiger charge is 2.26. The molecule has 1 saturated carbocycles. The first kappa shape index (κ1) is 13.9. The molecule has 1 aromatic rings. The van der Waals surface area contributed by atoms with E-state index in [0.717, 1.165) is 25.6 Å². The lowest BCUT2D eigenvalue weighted by molar-refractivity contribution is 0.0330. The number of rotatable bonds is 5. The van der Waals surface area contributed by atoms with E-state index in [9.17, 15) is 0 Å². The third kappa shape index (κ3) is 3.51. The van der Waals surface area contributed by atoms with Gasteiger partial charge < -0.3 is 9.64 Å². The molecule has 3 rings (SSSR count). The molecule has 1 saturated heterocycles. The second-order valence-corrected chi connectivity index (χ2v) is 6.56. The van der Waals surface area contributed by atoms with Crippen LogP contribution in [0.1, 0.15) is 51.1 Å². The minimum atomic E-state index is 0.411. The van der Waals surface area contributed by atoms with Crippen molar-refractivity contribution in [3.63, 3.8) is 0 Å². The Morgan fingerprint density at radius 2 is 2.15 bits per heavy atom. The highest BCUT2D eigenvalue weighted by atomic mass is 16.5. The van der Waals surface area contributed by atoms with Gasteiger partial charge >= 0.3 is 0 Å². The minimum Gasteiger partial charge on any atom is -0.375 e. The van der Waals surface area contributed by atoms with Gasteiger partial charge in [-0.25, -0.2) is 0 Å². The van der Waals surface area contributed by atoms with Crippen LogP contribution in [0.4, 0.5) is 5.69 Å². The average Bonchev–Trinajstić information content (AvgIpc) is 3.30. The van der Waals surface area contributed by atoms with E-state index in [4.69, 9.17) is 4.74 Å². The number of pyridine rings is 1. The highest BCUT2D eigenvalue weighted by molar-refractivity contribution is 5.45. The molecule has 1 aliphatic heterocycles. The van der Waals surface area contributed by atoms with E-state index in [0.29, 0.717) is 12.0 Å². The smallest absolute Gasteiger partial charge is 0.0750 e. The average molecular weight is 274 g/mol. The molecule has 3 heteroatoms. The predicted octanol–water partition coefficient (Wildman–Crippen LogP) is 3.60. The Kier molecular flexibility index (Phi) is 4.25. The summed E-state index contributed by atoms with van der Waals surface area (Å²) in [5.74, 6) is 1.50. The SMILES string of the molecule is CC(C)c1ccc(N2CCOC(CCC3CC3)C2)cn1. The molecular weight excluding hydrogens is 248 g/mol. The maximum absolute atomic E-state index is 5.91. The molecule has 0 amide bonds. The molecule has 2 aliphatic rings. The molecule has 110 valence electrons. The van der Waals surface area contributed by atoms with Crippen molar-refractivity contribution in [1.29, 1.82) is 0 Å². The van der Waals surface area contributed by atoms with Crippen LogP contribution in [-0.4, -0.2) is 30.8 Å². The van der Waals surface area contributed by atoms with Crippen molar-refractivity contribution in [2.24, 2.45) is 5.92 Å². The predicted molar refractivity (Wildman–Crippen MR) is 82.2 cm³/mol. The first-order valence-electron chi connectivity index (χ1n) is 8.05. The fourth-order valence-electron chi connectivity index (χ4n) is 2.88. The Hall–Kier alpha value is -1.09. The van der Waals surface area contributed by atoms with Gasteiger partial charge in [-0.1, -0.05) is 26.7 Å². The molecule has 1 aromatic heterocycles. The summed E-state index contributed by atoms with van der Waals surface area (Å²) in [4.78, 5) is 7.01. The van der Waals surface area contributed by atoms with Gasteiger partial charge in [0, 0.05) is 18.8 Å². The normalized spacial score (nSPS) is 23.4. The molecule has 0 spiro atoms. The summed E-state index contributed by atoms with van der Waals surface area (Å²) >= 11 is 0. The van der Waals surface area contributed by atoms with Gasteiger partial charge in [0.05, 0.1) is 24.6 Å². The van der Waals surface area contributed by atoms with Gasteiger partial charge in [0.1, 0.15) is 0 Å². The maximum Gasteiger partial charge on any atom is 0.0750 e. The Balaban J connectivity index is 1.57. The number of aromatic nitrogens is 1. The van der Waals surface area contributed by atoms with Gasteiger partial charge in [-0.3, -0.25) is 4.98 Å². The summed E-state index contributed by atoms with van der Waals surface area (Å²) in [6.45, 7) is 7.23. The molecule has 2 heterocycles. The summed E-state index contributed by atoms with van der Waals surface area (Å²) in [7, 11) is 0. The first-order valence-corrected chi connectivity index (χ1v) is 8.05. The third-order valence-electron chi connectivity index (χ3n) is 4.46. The van der Waals surface area contributed by atoms with E-state index >= 15 is 0 Å². The zero-order chi connectivity index (χ0) is 13.9. The number of anilines is 1. The molecule has 2 fully saturated rings. The first-order chi connectivity index (χ1) is 9.72. The number of morpholine rings is 1. The van der Waals surface area contributed by atoms with Crippen LogP contribution in [0.15, 0.2) is 18.3 Å². The standard InChI is InChI=1S/C17H26N2O/c1-13(2)17-8-6-15(11-18-17)19-9-10-20-16(12-19)7-5-14-3-4-14/h6,8,11,13-14,16H,3-5,7,9-10,12H2,1-2H3. The van der Waals surface area contributed by atoms with Gasteiger partial charge in [-0.05, 0) is 36.8 Å². The monoisotopic (exact) mass is 274 g/mol. The molecular formula is C17H26N2O. The molecule has 1 aliphatic carbocycles. The van der Waals surface area contributed by atoms with E-state index in [2.05, 4.69) is 35.9 Å². The third-order valence-corrected chi connectivity index (χ3v) is 4.46. The second-order valence-electron chi connectivity index (χ2n) is 6.56. The fourth-order valence-corrected chi connectivity index (χ4v) is 2.88. The molecule has 0 aromatic carbocycles.